The third-order valence-corrected chi connectivity index (χ3v) is 4.67. The van der Waals surface area contributed by atoms with Crippen molar-refractivity contribution in [2.75, 3.05) is 5.32 Å². The van der Waals surface area contributed by atoms with Crippen LogP contribution >= 0.6 is 0 Å². The molecule has 30 heavy (non-hydrogen) atoms. The molecule has 1 unspecified atom stereocenters. The van der Waals surface area contributed by atoms with Gasteiger partial charge in [0, 0.05) is 30.5 Å². The second-order valence-corrected chi connectivity index (χ2v) is 7.04. The fourth-order valence-electron chi connectivity index (χ4n) is 3.21. The molecule has 2 aliphatic rings. The smallest absolute Gasteiger partial charge is 0.249 e. The molecule has 2 aromatic rings. The lowest BCUT2D eigenvalue weighted by molar-refractivity contribution is -0.129. The summed E-state index contributed by atoms with van der Waals surface area (Å²) in [7, 11) is 0. The zero-order chi connectivity index (χ0) is 21.7. The monoisotopic (exact) mass is 428 g/mol. The number of nitrogens with two attached hydrogens (primary N) is 1. The molecule has 12 heteroatoms. The molecular formula is C18H14F6N6. The number of benzene rings is 1. The van der Waals surface area contributed by atoms with E-state index in [1.807, 2.05) is 0 Å². The third-order valence-electron chi connectivity index (χ3n) is 4.67. The highest BCUT2D eigenvalue weighted by molar-refractivity contribution is 6.13. The first-order valence-electron chi connectivity index (χ1n) is 8.72. The van der Waals surface area contributed by atoms with Gasteiger partial charge in [0.05, 0.1) is 0 Å². The van der Waals surface area contributed by atoms with E-state index in [0.717, 1.165) is 24.3 Å². The van der Waals surface area contributed by atoms with Gasteiger partial charge in [-0.1, -0.05) is 0 Å². The summed E-state index contributed by atoms with van der Waals surface area (Å²) in [4.78, 5) is 11.5. The van der Waals surface area contributed by atoms with E-state index in [1.165, 1.54) is 0 Å². The average molecular weight is 428 g/mol. The number of alkyl halides is 2. The Kier molecular flexibility index (Phi) is 4.68. The number of nitrogens with zero attached hydrogens (tertiary/aromatic N) is 3. The topological polar surface area (TPSA) is 87.7 Å². The fourth-order valence-corrected chi connectivity index (χ4v) is 3.21. The Hall–Kier alpha value is -3.15. The Balaban J connectivity index is 1.72. The summed E-state index contributed by atoms with van der Waals surface area (Å²) in [6.07, 6.45) is -1.24. The van der Waals surface area contributed by atoms with Gasteiger partial charge in [-0.25, -0.2) is 36.9 Å². The van der Waals surface area contributed by atoms with Gasteiger partial charge in [-0.3, -0.25) is 5.73 Å². The minimum absolute atomic E-state index is 0.0889. The normalized spacial score (nSPS) is 23.2. The maximum atomic E-state index is 14.2. The highest BCUT2D eigenvalue weighted by Gasteiger charge is 2.55. The van der Waals surface area contributed by atoms with Gasteiger partial charge < -0.3 is 10.6 Å². The molecular weight excluding hydrogens is 414 g/mol. The van der Waals surface area contributed by atoms with Gasteiger partial charge in [-0.15, -0.1) is 0 Å². The third kappa shape index (κ3) is 3.95. The summed E-state index contributed by atoms with van der Waals surface area (Å²) in [5.41, 5.74) is 5.48. The largest absolute Gasteiger partial charge is 0.326 e. The first kappa shape index (κ1) is 20.1. The summed E-state index contributed by atoms with van der Waals surface area (Å²) in [6, 6.07) is 4.11. The molecule has 1 saturated carbocycles. The maximum Gasteiger partial charge on any atom is 0.249 e. The molecule has 1 aliphatic heterocycles. The van der Waals surface area contributed by atoms with Crippen LogP contribution in [0.25, 0.3) is 0 Å². The predicted octanol–water partition coefficient (Wildman–Crippen LogP) is 3.11. The van der Waals surface area contributed by atoms with Crippen LogP contribution in [0, 0.1) is 29.3 Å². The van der Waals surface area contributed by atoms with Crippen molar-refractivity contribution in [2.24, 2.45) is 21.6 Å². The summed E-state index contributed by atoms with van der Waals surface area (Å²) in [5.74, 6) is -10.2. The number of nitrogens with one attached hydrogen (secondary N) is 2. The minimum Gasteiger partial charge on any atom is -0.326 e. The van der Waals surface area contributed by atoms with E-state index in [1.54, 1.807) is 0 Å². The SMILES string of the molecule is NC1(C2CC(F)(F)C2)N=C(Nc2cc(F)cc(F)c2)NC(c2nc(F)ccc2F)=N1. The molecule has 1 fully saturated rings. The van der Waals surface area contributed by atoms with Gasteiger partial charge in [0.2, 0.25) is 23.6 Å². The molecule has 0 radical (unpaired) electrons. The standard InChI is InChI=1S/C18H14F6N6/c19-9-3-10(20)5-11(4-9)26-16-28-15(14-12(21)1-2-13(22)27-14)29-18(25,30-16)8-6-17(23,24)7-8/h1-5,8H,6-7,25H2,(H2,26,28,29,30). The molecule has 1 aliphatic carbocycles. The van der Waals surface area contributed by atoms with Crippen LogP contribution in [0.15, 0.2) is 40.3 Å². The Morgan fingerprint density at radius 1 is 1.00 bits per heavy atom. The van der Waals surface area contributed by atoms with E-state index in [-0.39, 0.29) is 17.5 Å². The van der Waals surface area contributed by atoms with Crippen LogP contribution in [0.1, 0.15) is 18.5 Å². The van der Waals surface area contributed by atoms with E-state index < -0.39 is 59.6 Å². The lowest BCUT2D eigenvalue weighted by Crippen LogP contribution is -2.58. The second kappa shape index (κ2) is 6.97. The highest BCUT2D eigenvalue weighted by Crippen LogP contribution is 2.48. The van der Waals surface area contributed by atoms with Crippen molar-refractivity contribution >= 4 is 17.5 Å². The molecule has 1 aromatic heterocycles. The van der Waals surface area contributed by atoms with Crippen LogP contribution in [-0.4, -0.2) is 28.5 Å². The van der Waals surface area contributed by atoms with Crippen molar-refractivity contribution in [3.63, 3.8) is 0 Å². The number of aliphatic imine (C=N–C) groups is 2. The Bertz CT molecular complexity index is 1040. The lowest BCUT2D eigenvalue weighted by atomic mass is 9.76. The summed E-state index contributed by atoms with van der Waals surface area (Å²) in [6.45, 7) is 0. The van der Waals surface area contributed by atoms with Crippen molar-refractivity contribution in [1.29, 1.82) is 0 Å². The van der Waals surface area contributed by atoms with Gasteiger partial charge in [0.15, 0.2) is 11.7 Å². The average Bonchev–Trinajstić information content (AvgIpc) is 2.60. The van der Waals surface area contributed by atoms with E-state index in [9.17, 15) is 26.3 Å². The molecule has 0 spiro atoms. The van der Waals surface area contributed by atoms with Gasteiger partial charge in [-0.05, 0) is 24.3 Å². The molecule has 2 heterocycles. The van der Waals surface area contributed by atoms with Crippen molar-refractivity contribution in [3.05, 3.63) is 59.4 Å². The number of guanidine groups is 1. The van der Waals surface area contributed by atoms with Crippen molar-refractivity contribution in [1.82, 2.24) is 10.3 Å². The van der Waals surface area contributed by atoms with Gasteiger partial charge in [0.25, 0.3) is 0 Å². The second-order valence-electron chi connectivity index (χ2n) is 7.04. The van der Waals surface area contributed by atoms with Crippen molar-refractivity contribution < 1.29 is 26.3 Å². The Morgan fingerprint density at radius 3 is 2.30 bits per heavy atom. The lowest BCUT2D eigenvalue weighted by Gasteiger charge is -2.43. The number of amidine groups is 1. The van der Waals surface area contributed by atoms with Crippen LogP contribution in [0.2, 0.25) is 0 Å². The number of hydrogen-bond donors (Lipinski definition) is 3. The maximum absolute atomic E-state index is 14.2. The van der Waals surface area contributed by atoms with Crippen LogP contribution in [-0.2, 0) is 0 Å². The molecule has 0 amide bonds. The van der Waals surface area contributed by atoms with Crippen LogP contribution < -0.4 is 16.4 Å². The predicted molar refractivity (Wildman–Crippen MR) is 95.8 cm³/mol. The fraction of sp³-hybridized carbons (Fsp3) is 0.278. The molecule has 4 rings (SSSR count). The molecule has 4 N–H and O–H groups in total. The number of halogens is 6. The molecule has 6 nitrogen and oxygen atoms in total. The molecule has 0 saturated heterocycles. The zero-order valence-electron chi connectivity index (χ0n) is 15.1. The molecule has 1 atom stereocenters. The van der Waals surface area contributed by atoms with Crippen molar-refractivity contribution in [2.45, 2.75) is 24.6 Å². The van der Waals surface area contributed by atoms with E-state index >= 15 is 0 Å². The van der Waals surface area contributed by atoms with Crippen LogP contribution in [0.5, 0.6) is 0 Å². The van der Waals surface area contributed by atoms with E-state index in [4.69, 9.17) is 5.73 Å². The van der Waals surface area contributed by atoms with Gasteiger partial charge in [0.1, 0.15) is 17.3 Å². The number of aromatic nitrogens is 1. The molecule has 158 valence electrons. The van der Waals surface area contributed by atoms with Crippen LogP contribution in [0.4, 0.5) is 32.0 Å². The van der Waals surface area contributed by atoms with E-state index in [2.05, 4.69) is 25.6 Å². The number of rotatable bonds is 3. The minimum atomic E-state index is -2.95. The number of pyridine rings is 1. The highest BCUT2D eigenvalue weighted by atomic mass is 19.3. The summed E-state index contributed by atoms with van der Waals surface area (Å²) in [5, 5.41) is 5.05. The van der Waals surface area contributed by atoms with Gasteiger partial charge in [-0.2, -0.15) is 4.39 Å². The molecule has 1 aromatic carbocycles. The first-order chi connectivity index (χ1) is 14.0. The summed E-state index contributed by atoms with van der Waals surface area (Å²) >= 11 is 0. The van der Waals surface area contributed by atoms with Gasteiger partial charge >= 0.3 is 0 Å². The quantitative estimate of drug-likeness (QED) is 0.518. The Morgan fingerprint density at radius 2 is 1.67 bits per heavy atom. The number of hydrogen-bond acceptors (Lipinski definition) is 6. The Labute approximate surface area is 165 Å². The van der Waals surface area contributed by atoms with Crippen LogP contribution in [0.3, 0.4) is 0 Å². The van der Waals surface area contributed by atoms with E-state index in [0.29, 0.717) is 6.07 Å². The van der Waals surface area contributed by atoms with Crippen molar-refractivity contribution in [3.8, 4) is 0 Å². The first-order valence-corrected chi connectivity index (χ1v) is 8.72. The zero-order valence-corrected chi connectivity index (χ0v) is 15.1. The molecule has 0 bridgehead atoms. The number of anilines is 1. The summed E-state index contributed by atoms with van der Waals surface area (Å²) < 4.78 is 81.5.